The zero-order valence-electron chi connectivity index (χ0n) is 6.97. The third-order valence-corrected chi connectivity index (χ3v) is 1.41. The molecule has 0 fully saturated rings. The van der Waals surface area contributed by atoms with Gasteiger partial charge in [0.25, 0.3) is 0 Å². The molecule has 3 N–H and O–H groups in total. The molecule has 0 radical (unpaired) electrons. The van der Waals surface area contributed by atoms with E-state index >= 15 is 0 Å². The third-order valence-electron chi connectivity index (χ3n) is 1.32. The van der Waals surface area contributed by atoms with Crippen LogP contribution in [0.5, 0.6) is 0 Å². The Labute approximate surface area is 81.9 Å². The first-order valence-electron chi connectivity index (χ1n) is 3.75. The van der Waals surface area contributed by atoms with Gasteiger partial charge in [0.1, 0.15) is 0 Å². The summed E-state index contributed by atoms with van der Waals surface area (Å²) in [5, 5.41) is 3.97. The molecule has 0 saturated carbocycles. The predicted molar refractivity (Wildman–Crippen MR) is 56.4 cm³/mol. The lowest BCUT2D eigenvalue weighted by Crippen LogP contribution is -2.24. The molecule has 0 saturated heterocycles. The first-order chi connectivity index (χ1) is 6.29. The van der Waals surface area contributed by atoms with E-state index in [0.29, 0.717) is 6.42 Å². The Morgan fingerprint density at radius 2 is 2.62 bits per heavy atom. The second-order valence-corrected chi connectivity index (χ2v) is 2.79. The van der Waals surface area contributed by atoms with Crippen molar-refractivity contribution in [3.63, 3.8) is 0 Å². The highest BCUT2D eigenvalue weighted by atomic mass is 32.1. The molecule has 13 heavy (non-hydrogen) atoms. The molecule has 1 aromatic heterocycles. The quantitative estimate of drug-likeness (QED) is 0.416. The number of hydrazone groups is 1. The van der Waals surface area contributed by atoms with E-state index in [1.165, 1.54) is 0 Å². The molecule has 0 unspecified atom stereocenters. The van der Waals surface area contributed by atoms with E-state index in [1.54, 1.807) is 18.6 Å². The molecule has 0 bridgehead atoms. The second-order valence-electron chi connectivity index (χ2n) is 2.35. The Kier molecular flexibility index (Phi) is 3.84. The Morgan fingerprint density at radius 3 is 3.23 bits per heavy atom. The van der Waals surface area contributed by atoms with Crippen molar-refractivity contribution >= 4 is 23.5 Å². The molecule has 1 aromatic rings. The topological polar surface area (TPSA) is 63.3 Å². The molecule has 5 heteroatoms. The Balaban J connectivity index is 2.35. The number of hydrogen-bond donors (Lipinski definition) is 2. The van der Waals surface area contributed by atoms with Crippen molar-refractivity contribution in [2.45, 2.75) is 6.42 Å². The van der Waals surface area contributed by atoms with E-state index in [2.05, 4.69) is 27.7 Å². The molecule has 1 rings (SSSR count). The van der Waals surface area contributed by atoms with Crippen LogP contribution in [0.2, 0.25) is 0 Å². The standard InChI is InChI=1S/C8H10N4S/c9-8(13)12-11-5-3-7-2-1-4-10-6-7/h1-2,4-6H,3H2,(H3,9,12,13). The highest BCUT2D eigenvalue weighted by molar-refractivity contribution is 7.80. The zero-order chi connectivity index (χ0) is 9.52. The fourth-order valence-electron chi connectivity index (χ4n) is 0.779. The lowest BCUT2D eigenvalue weighted by Gasteiger charge is -1.94. The number of pyridine rings is 1. The normalized spacial score (nSPS) is 10.2. The number of nitrogens with zero attached hydrogens (tertiary/aromatic N) is 2. The van der Waals surface area contributed by atoms with Crippen LogP contribution in [0.3, 0.4) is 0 Å². The van der Waals surface area contributed by atoms with Crippen molar-refractivity contribution in [2.75, 3.05) is 0 Å². The Bertz CT molecular complexity index is 296. The molecular weight excluding hydrogens is 184 g/mol. The molecule has 0 spiro atoms. The Morgan fingerprint density at radius 1 is 1.77 bits per heavy atom. The maximum atomic E-state index is 5.17. The van der Waals surface area contributed by atoms with E-state index in [0.717, 1.165) is 5.56 Å². The minimum atomic E-state index is 0.169. The van der Waals surface area contributed by atoms with E-state index in [4.69, 9.17) is 5.73 Å². The van der Waals surface area contributed by atoms with Crippen LogP contribution in [-0.2, 0) is 6.42 Å². The fourth-order valence-corrected chi connectivity index (χ4v) is 0.832. The molecule has 0 atom stereocenters. The summed E-state index contributed by atoms with van der Waals surface area (Å²) < 4.78 is 0. The average Bonchev–Trinajstić information content (AvgIpc) is 2.14. The summed E-state index contributed by atoms with van der Waals surface area (Å²) in [7, 11) is 0. The average molecular weight is 194 g/mol. The molecular formula is C8H10N4S. The first-order valence-corrected chi connectivity index (χ1v) is 4.16. The minimum absolute atomic E-state index is 0.169. The van der Waals surface area contributed by atoms with Crippen molar-refractivity contribution in [1.82, 2.24) is 10.4 Å². The lowest BCUT2D eigenvalue weighted by molar-refractivity contribution is 1.03. The molecule has 0 amide bonds. The van der Waals surface area contributed by atoms with Gasteiger partial charge in [0, 0.05) is 25.0 Å². The monoisotopic (exact) mass is 194 g/mol. The van der Waals surface area contributed by atoms with E-state index in [-0.39, 0.29) is 5.11 Å². The molecule has 1 heterocycles. The summed E-state index contributed by atoms with van der Waals surface area (Å²) in [6, 6.07) is 3.85. The van der Waals surface area contributed by atoms with Crippen molar-refractivity contribution in [3.8, 4) is 0 Å². The van der Waals surface area contributed by atoms with Crippen molar-refractivity contribution in [1.29, 1.82) is 0 Å². The molecule has 0 aliphatic carbocycles. The fraction of sp³-hybridized carbons (Fsp3) is 0.125. The van der Waals surface area contributed by atoms with Crippen LogP contribution in [-0.4, -0.2) is 16.3 Å². The molecule has 4 nitrogen and oxygen atoms in total. The van der Waals surface area contributed by atoms with Gasteiger partial charge in [-0.25, -0.2) is 0 Å². The number of nitrogens with one attached hydrogen (secondary N) is 1. The van der Waals surface area contributed by atoms with Gasteiger partial charge in [-0.15, -0.1) is 0 Å². The second kappa shape index (κ2) is 5.21. The summed E-state index contributed by atoms with van der Waals surface area (Å²) in [4.78, 5) is 3.97. The number of rotatable bonds is 3. The number of hydrogen-bond acceptors (Lipinski definition) is 3. The smallest absolute Gasteiger partial charge is 0.184 e. The maximum Gasteiger partial charge on any atom is 0.184 e. The summed E-state index contributed by atoms with van der Waals surface area (Å²) in [5.41, 5.74) is 8.73. The van der Waals surface area contributed by atoms with Crippen LogP contribution in [0, 0.1) is 0 Å². The summed E-state index contributed by atoms with van der Waals surface area (Å²) in [5.74, 6) is 0. The third kappa shape index (κ3) is 4.17. The number of aromatic nitrogens is 1. The highest BCUT2D eigenvalue weighted by Gasteiger charge is 1.86. The van der Waals surface area contributed by atoms with Gasteiger partial charge in [-0.3, -0.25) is 10.4 Å². The van der Waals surface area contributed by atoms with E-state index in [9.17, 15) is 0 Å². The molecule has 0 aliphatic heterocycles. The summed E-state index contributed by atoms with van der Waals surface area (Å²) in [6.07, 6.45) is 5.92. The van der Waals surface area contributed by atoms with Crippen LogP contribution in [0.4, 0.5) is 0 Å². The van der Waals surface area contributed by atoms with Crippen molar-refractivity contribution in [3.05, 3.63) is 30.1 Å². The van der Waals surface area contributed by atoms with Gasteiger partial charge in [0.15, 0.2) is 5.11 Å². The number of thiocarbonyl (C=S) groups is 1. The maximum absolute atomic E-state index is 5.17. The lowest BCUT2D eigenvalue weighted by atomic mass is 10.2. The molecule has 0 aromatic carbocycles. The van der Waals surface area contributed by atoms with Crippen LogP contribution < -0.4 is 11.2 Å². The SMILES string of the molecule is NC(=S)NN=CCc1cccnc1. The highest BCUT2D eigenvalue weighted by Crippen LogP contribution is 1.93. The molecule has 0 aliphatic rings. The first kappa shape index (κ1) is 9.60. The minimum Gasteiger partial charge on any atom is -0.375 e. The predicted octanol–water partition coefficient (Wildman–Crippen LogP) is 0.443. The summed E-state index contributed by atoms with van der Waals surface area (Å²) >= 11 is 4.57. The van der Waals surface area contributed by atoms with Crippen molar-refractivity contribution < 1.29 is 0 Å². The van der Waals surface area contributed by atoms with Crippen LogP contribution >= 0.6 is 12.2 Å². The van der Waals surface area contributed by atoms with Gasteiger partial charge in [0.05, 0.1) is 0 Å². The van der Waals surface area contributed by atoms with Gasteiger partial charge in [-0.2, -0.15) is 5.10 Å². The summed E-state index contributed by atoms with van der Waals surface area (Å²) in [6.45, 7) is 0. The number of nitrogens with two attached hydrogens (primary N) is 1. The van der Waals surface area contributed by atoms with Gasteiger partial charge in [-0.1, -0.05) is 6.07 Å². The van der Waals surface area contributed by atoms with E-state index in [1.807, 2.05) is 12.1 Å². The zero-order valence-corrected chi connectivity index (χ0v) is 7.79. The largest absolute Gasteiger partial charge is 0.375 e. The Hall–Kier alpha value is -1.49. The van der Waals surface area contributed by atoms with Gasteiger partial charge >= 0.3 is 0 Å². The van der Waals surface area contributed by atoms with Gasteiger partial charge < -0.3 is 5.73 Å². The van der Waals surface area contributed by atoms with Crippen molar-refractivity contribution in [2.24, 2.45) is 10.8 Å². The molecule has 68 valence electrons. The van der Waals surface area contributed by atoms with Crippen LogP contribution in [0.25, 0.3) is 0 Å². The van der Waals surface area contributed by atoms with Gasteiger partial charge in [-0.05, 0) is 23.8 Å². The van der Waals surface area contributed by atoms with Gasteiger partial charge in [0.2, 0.25) is 0 Å². The van der Waals surface area contributed by atoms with Crippen LogP contribution in [0.15, 0.2) is 29.6 Å². The van der Waals surface area contributed by atoms with E-state index < -0.39 is 0 Å². The van der Waals surface area contributed by atoms with Crippen LogP contribution in [0.1, 0.15) is 5.56 Å².